The molecule has 1 heterocycles. The van der Waals surface area contributed by atoms with Crippen molar-refractivity contribution in [3.8, 4) is 6.07 Å². The highest BCUT2D eigenvalue weighted by Gasteiger charge is 2.28. The van der Waals surface area contributed by atoms with Gasteiger partial charge < -0.3 is 10.0 Å². The van der Waals surface area contributed by atoms with E-state index in [4.69, 9.17) is 10.4 Å². The van der Waals surface area contributed by atoms with Gasteiger partial charge in [0.2, 0.25) is 5.91 Å². The first-order valence-electron chi connectivity index (χ1n) is 7.26. The van der Waals surface area contributed by atoms with E-state index in [1.54, 1.807) is 28.8 Å². The summed E-state index contributed by atoms with van der Waals surface area (Å²) in [6.45, 7) is 0.624. The van der Waals surface area contributed by atoms with Crippen LogP contribution in [-0.2, 0) is 15.3 Å². The number of hydrogen-bond acceptors (Lipinski definition) is 5. The Morgan fingerprint density at radius 2 is 2.13 bits per heavy atom. The molecule has 0 saturated carbocycles. The Labute approximate surface area is 144 Å². The lowest BCUT2D eigenvalue weighted by Crippen LogP contribution is -2.47. The SMILES string of the molecule is N#Cc1ccc(CSCC(=O)N2CCSCC2CC(=O)O)cc1. The van der Waals surface area contributed by atoms with E-state index < -0.39 is 5.97 Å². The summed E-state index contributed by atoms with van der Waals surface area (Å²) in [5, 5.41) is 17.7. The Bertz CT molecular complexity index is 598. The smallest absolute Gasteiger partial charge is 0.305 e. The molecule has 1 aliphatic rings. The predicted molar refractivity (Wildman–Crippen MR) is 92.4 cm³/mol. The minimum atomic E-state index is -0.861. The number of carbonyl (C=O) groups is 2. The van der Waals surface area contributed by atoms with Gasteiger partial charge in [0.1, 0.15) is 0 Å². The maximum absolute atomic E-state index is 12.3. The number of hydrogen-bond donors (Lipinski definition) is 1. The number of carboxylic acid groups (broad SMARTS) is 1. The summed E-state index contributed by atoms with van der Waals surface area (Å²) in [4.78, 5) is 25.0. The first kappa shape index (κ1) is 17.7. The molecule has 2 rings (SSSR count). The van der Waals surface area contributed by atoms with Crippen molar-refractivity contribution in [2.45, 2.75) is 18.2 Å². The van der Waals surface area contributed by atoms with Crippen LogP contribution >= 0.6 is 23.5 Å². The highest BCUT2D eigenvalue weighted by molar-refractivity contribution is 7.99. The number of thioether (sulfide) groups is 2. The lowest BCUT2D eigenvalue weighted by molar-refractivity contribution is -0.139. The summed E-state index contributed by atoms with van der Waals surface area (Å²) in [7, 11) is 0. The van der Waals surface area contributed by atoms with Gasteiger partial charge in [0.25, 0.3) is 0 Å². The highest BCUT2D eigenvalue weighted by Crippen LogP contribution is 2.21. The number of carboxylic acids is 1. The Balaban J connectivity index is 1.82. The monoisotopic (exact) mass is 350 g/mol. The van der Waals surface area contributed by atoms with Crippen LogP contribution in [-0.4, -0.2) is 51.7 Å². The van der Waals surface area contributed by atoms with Crippen molar-refractivity contribution in [1.82, 2.24) is 4.90 Å². The van der Waals surface area contributed by atoms with Gasteiger partial charge in [0.15, 0.2) is 0 Å². The average Bonchev–Trinajstić information content (AvgIpc) is 2.55. The van der Waals surface area contributed by atoms with E-state index in [0.717, 1.165) is 11.3 Å². The quantitative estimate of drug-likeness (QED) is 0.847. The third-order valence-electron chi connectivity index (χ3n) is 3.54. The Kier molecular flexibility index (Phi) is 6.81. The fraction of sp³-hybridized carbons (Fsp3) is 0.438. The van der Waals surface area contributed by atoms with Crippen LogP contribution in [0.3, 0.4) is 0 Å². The number of rotatable bonds is 6. The fourth-order valence-corrected chi connectivity index (χ4v) is 4.30. The molecule has 122 valence electrons. The molecule has 1 saturated heterocycles. The van der Waals surface area contributed by atoms with Crippen LogP contribution in [0.2, 0.25) is 0 Å². The van der Waals surface area contributed by atoms with Gasteiger partial charge in [-0.3, -0.25) is 9.59 Å². The van der Waals surface area contributed by atoms with E-state index in [1.807, 2.05) is 12.1 Å². The van der Waals surface area contributed by atoms with Crippen molar-refractivity contribution in [2.24, 2.45) is 0 Å². The number of amides is 1. The molecular formula is C16H18N2O3S2. The van der Waals surface area contributed by atoms with Gasteiger partial charge >= 0.3 is 5.97 Å². The molecule has 1 aliphatic heterocycles. The minimum absolute atomic E-state index is 0.00944. The van der Waals surface area contributed by atoms with E-state index in [9.17, 15) is 9.59 Å². The summed E-state index contributed by atoms with van der Waals surface area (Å²) in [5.41, 5.74) is 1.69. The van der Waals surface area contributed by atoms with Gasteiger partial charge in [0, 0.05) is 23.8 Å². The Morgan fingerprint density at radius 3 is 2.78 bits per heavy atom. The lowest BCUT2D eigenvalue weighted by atomic mass is 10.2. The number of carbonyl (C=O) groups excluding carboxylic acids is 1. The molecule has 1 atom stereocenters. The van der Waals surface area contributed by atoms with E-state index in [1.165, 1.54) is 11.8 Å². The van der Waals surface area contributed by atoms with Gasteiger partial charge in [-0.05, 0) is 17.7 Å². The van der Waals surface area contributed by atoms with Gasteiger partial charge in [-0.25, -0.2) is 0 Å². The lowest BCUT2D eigenvalue weighted by Gasteiger charge is -2.34. The first-order valence-corrected chi connectivity index (χ1v) is 9.57. The van der Waals surface area contributed by atoms with Crippen LogP contribution in [0.4, 0.5) is 0 Å². The zero-order chi connectivity index (χ0) is 16.7. The standard InChI is InChI=1S/C16H18N2O3S2/c17-8-12-1-3-13(4-2-12)9-23-11-15(19)18-5-6-22-10-14(18)7-16(20)21/h1-4,14H,5-7,9-11H2,(H,20,21). The second-order valence-electron chi connectivity index (χ2n) is 5.22. The fourth-order valence-electron chi connectivity index (χ4n) is 2.37. The number of benzene rings is 1. The Morgan fingerprint density at radius 1 is 1.39 bits per heavy atom. The van der Waals surface area contributed by atoms with Crippen LogP contribution in [0.1, 0.15) is 17.5 Å². The highest BCUT2D eigenvalue weighted by atomic mass is 32.2. The molecule has 0 spiro atoms. The zero-order valence-corrected chi connectivity index (χ0v) is 14.2. The molecule has 0 aromatic heterocycles. The average molecular weight is 350 g/mol. The van der Waals surface area contributed by atoms with Crippen LogP contribution < -0.4 is 0 Å². The molecular weight excluding hydrogens is 332 g/mol. The normalized spacial score (nSPS) is 17.5. The molecule has 1 unspecified atom stereocenters. The van der Waals surface area contributed by atoms with Crippen molar-refractivity contribution >= 4 is 35.4 Å². The second kappa shape index (κ2) is 8.85. The van der Waals surface area contributed by atoms with Gasteiger partial charge in [-0.2, -0.15) is 17.0 Å². The molecule has 0 aliphatic carbocycles. The molecule has 0 radical (unpaired) electrons. The van der Waals surface area contributed by atoms with E-state index >= 15 is 0 Å². The zero-order valence-electron chi connectivity index (χ0n) is 12.6. The predicted octanol–water partition coefficient (Wildman–Crippen LogP) is 2.21. The summed E-state index contributed by atoms with van der Waals surface area (Å²) in [5.74, 6) is 1.75. The number of nitriles is 1. The largest absolute Gasteiger partial charge is 0.481 e. The third-order valence-corrected chi connectivity index (χ3v) is 5.62. The van der Waals surface area contributed by atoms with Crippen LogP contribution in [0.5, 0.6) is 0 Å². The molecule has 1 aromatic rings. The van der Waals surface area contributed by atoms with Gasteiger partial charge in [-0.15, -0.1) is 11.8 Å². The maximum atomic E-state index is 12.3. The first-order chi connectivity index (χ1) is 11.1. The number of aliphatic carboxylic acids is 1. The molecule has 1 aromatic carbocycles. The molecule has 7 heteroatoms. The third kappa shape index (κ3) is 5.48. The molecule has 1 N–H and O–H groups in total. The molecule has 23 heavy (non-hydrogen) atoms. The summed E-state index contributed by atoms with van der Waals surface area (Å²) in [6, 6.07) is 9.19. The maximum Gasteiger partial charge on any atom is 0.305 e. The Hall–Kier alpha value is -1.65. The number of nitrogens with zero attached hydrogens (tertiary/aromatic N) is 2. The molecule has 0 bridgehead atoms. The van der Waals surface area contributed by atoms with Crippen LogP contribution in [0.15, 0.2) is 24.3 Å². The van der Waals surface area contributed by atoms with E-state index in [0.29, 0.717) is 29.4 Å². The van der Waals surface area contributed by atoms with E-state index in [2.05, 4.69) is 6.07 Å². The summed E-state index contributed by atoms with van der Waals surface area (Å²) >= 11 is 3.21. The summed E-state index contributed by atoms with van der Waals surface area (Å²) < 4.78 is 0. The van der Waals surface area contributed by atoms with Crippen LogP contribution in [0, 0.1) is 11.3 Å². The van der Waals surface area contributed by atoms with Crippen molar-refractivity contribution < 1.29 is 14.7 Å². The van der Waals surface area contributed by atoms with Crippen molar-refractivity contribution in [1.29, 1.82) is 5.26 Å². The molecule has 1 fully saturated rings. The minimum Gasteiger partial charge on any atom is -0.481 e. The van der Waals surface area contributed by atoms with Crippen molar-refractivity contribution in [3.05, 3.63) is 35.4 Å². The van der Waals surface area contributed by atoms with Crippen molar-refractivity contribution in [2.75, 3.05) is 23.8 Å². The van der Waals surface area contributed by atoms with Gasteiger partial charge in [-0.1, -0.05) is 12.1 Å². The second-order valence-corrected chi connectivity index (χ2v) is 7.35. The van der Waals surface area contributed by atoms with Crippen molar-refractivity contribution in [3.63, 3.8) is 0 Å². The van der Waals surface area contributed by atoms with Gasteiger partial charge in [0.05, 0.1) is 29.8 Å². The molecule has 5 nitrogen and oxygen atoms in total. The van der Waals surface area contributed by atoms with Crippen LogP contribution in [0.25, 0.3) is 0 Å². The molecule has 1 amide bonds. The summed E-state index contributed by atoms with van der Waals surface area (Å²) in [6.07, 6.45) is 0.0129. The van der Waals surface area contributed by atoms with E-state index in [-0.39, 0.29) is 18.4 Å². The topological polar surface area (TPSA) is 81.4 Å².